The molecule has 0 spiro atoms. The zero-order valence-electron chi connectivity index (χ0n) is 17.6. The highest BCUT2D eigenvalue weighted by Gasteiger charge is 2.46. The van der Waals surface area contributed by atoms with Crippen molar-refractivity contribution in [3.63, 3.8) is 0 Å². The molecular formula is C23H24BrNO6. The second-order valence-electron chi connectivity index (χ2n) is 6.96. The van der Waals surface area contributed by atoms with Crippen molar-refractivity contribution in [2.45, 2.75) is 12.5 Å². The number of carbonyl (C=O) groups is 2. The maximum Gasteiger partial charge on any atom is 0.295 e. The van der Waals surface area contributed by atoms with Gasteiger partial charge < -0.3 is 24.2 Å². The first kappa shape index (κ1) is 22.8. The first-order valence-corrected chi connectivity index (χ1v) is 10.5. The quantitative estimate of drug-likeness (QED) is 0.261. The molecule has 1 saturated heterocycles. The van der Waals surface area contributed by atoms with Crippen LogP contribution >= 0.6 is 15.9 Å². The van der Waals surface area contributed by atoms with Crippen LogP contribution in [0.2, 0.25) is 0 Å². The molecule has 7 nitrogen and oxygen atoms in total. The summed E-state index contributed by atoms with van der Waals surface area (Å²) in [5.41, 5.74) is 1.12. The third-order valence-electron chi connectivity index (χ3n) is 5.13. The molecule has 8 heteroatoms. The first-order chi connectivity index (χ1) is 14.9. The number of amides is 1. The summed E-state index contributed by atoms with van der Waals surface area (Å²) >= 11 is 3.36. The zero-order valence-corrected chi connectivity index (χ0v) is 19.1. The molecule has 1 fully saturated rings. The molecular weight excluding hydrogens is 466 g/mol. The van der Waals surface area contributed by atoms with Gasteiger partial charge in [-0.05, 0) is 36.2 Å². The fourth-order valence-corrected chi connectivity index (χ4v) is 3.89. The third-order valence-corrected chi connectivity index (χ3v) is 5.66. The van der Waals surface area contributed by atoms with E-state index in [-0.39, 0.29) is 11.3 Å². The van der Waals surface area contributed by atoms with Crippen molar-refractivity contribution in [1.82, 2.24) is 4.90 Å². The highest BCUT2D eigenvalue weighted by atomic mass is 79.9. The van der Waals surface area contributed by atoms with Gasteiger partial charge in [0.1, 0.15) is 5.76 Å². The molecule has 1 unspecified atom stereocenters. The number of hydrogen-bond donors (Lipinski definition) is 1. The zero-order chi connectivity index (χ0) is 22.5. The summed E-state index contributed by atoms with van der Waals surface area (Å²) in [5, 5.41) is 11.0. The molecule has 0 bridgehead atoms. The lowest BCUT2D eigenvalue weighted by Gasteiger charge is -2.26. The minimum Gasteiger partial charge on any atom is -0.507 e. The number of rotatable bonds is 8. The maximum absolute atomic E-state index is 13.0. The number of Topliss-reactive ketones (excluding diaryl/α,β-unsaturated/α-hetero) is 1. The lowest BCUT2D eigenvalue weighted by Crippen LogP contribution is -2.31. The van der Waals surface area contributed by atoms with Gasteiger partial charge in [0, 0.05) is 30.3 Å². The van der Waals surface area contributed by atoms with Gasteiger partial charge in [0.25, 0.3) is 11.7 Å². The van der Waals surface area contributed by atoms with Gasteiger partial charge in [-0.1, -0.05) is 34.1 Å². The Morgan fingerprint density at radius 1 is 1.03 bits per heavy atom. The summed E-state index contributed by atoms with van der Waals surface area (Å²) in [5.74, 6) is -0.617. The average Bonchev–Trinajstić information content (AvgIpc) is 3.03. The third kappa shape index (κ3) is 4.60. The molecule has 1 atom stereocenters. The number of carbonyl (C=O) groups excluding carboxylic acids is 2. The molecule has 0 aromatic heterocycles. The molecule has 0 radical (unpaired) electrons. The van der Waals surface area contributed by atoms with Crippen LogP contribution in [0.5, 0.6) is 11.5 Å². The Labute approximate surface area is 189 Å². The number of ketones is 1. The molecule has 2 aromatic carbocycles. The predicted octanol–water partition coefficient (Wildman–Crippen LogP) is 3.92. The number of ether oxygens (including phenoxy) is 3. The molecule has 0 saturated carbocycles. The molecule has 2 aromatic rings. The van der Waals surface area contributed by atoms with Crippen molar-refractivity contribution in [1.29, 1.82) is 0 Å². The highest BCUT2D eigenvalue weighted by molar-refractivity contribution is 9.10. The average molecular weight is 490 g/mol. The molecule has 164 valence electrons. The van der Waals surface area contributed by atoms with Crippen LogP contribution in [0, 0.1) is 0 Å². The van der Waals surface area contributed by atoms with Crippen LogP contribution in [-0.2, 0) is 14.3 Å². The van der Waals surface area contributed by atoms with Crippen molar-refractivity contribution in [2.75, 3.05) is 34.5 Å². The summed E-state index contributed by atoms with van der Waals surface area (Å²) in [6.45, 7) is 0.739. The molecule has 0 aliphatic carbocycles. The number of halogens is 1. The topological polar surface area (TPSA) is 85.3 Å². The van der Waals surface area contributed by atoms with E-state index in [0.717, 1.165) is 4.47 Å². The number of hydrogen-bond acceptors (Lipinski definition) is 6. The fraction of sp³-hybridized carbons (Fsp3) is 0.304. The van der Waals surface area contributed by atoms with E-state index in [1.54, 1.807) is 49.6 Å². The van der Waals surface area contributed by atoms with E-state index in [9.17, 15) is 14.7 Å². The second-order valence-corrected chi connectivity index (χ2v) is 7.88. The van der Waals surface area contributed by atoms with Crippen LogP contribution < -0.4 is 9.47 Å². The molecule has 3 rings (SSSR count). The number of methoxy groups -OCH3 is 3. The standard InChI is InChI=1S/C23H24BrNO6/c1-29-12-4-11-25-20(15-7-10-17(30-2)18(13-15)31-3)19(22(27)23(25)28)21(26)14-5-8-16(24)9-6-14/h5-10,13,20,26H,4,11-12H2,1-3H3/b21-19-. The molecule has 1 aliphatic rings. The van der Waals surface area contributed by atoms with Crippen molar-refractivity contribution in [3.8, 4) is 11.5 Å². The van der Waals surface area contributed by atoms with E-state index in [2.05, 4.69) is 15.9 Å². The Hall–Kier alpha value is -2.84. The Kier molecular flexibility index (Phi) is 7.35. The van der Waals surface area contributed by atoms with Gasteiger partial charge in [0.2, 0.25) is 0 Å². The molecule has 31 heavy (non-hydrogen) atoms. The highest BCUT2D eigenvalue weighted by Crippen LogP contribution is 2.42. The predicted molar refractivity (Wildman–Crippen MR) is 119 cm³/mol. The van der Waals surface area contributed by atoms with Gasteiger partial charge >= 0.3 is 0 Å². The minimum absolute atomic E-state index is 0.0389. The van der Waals surface area contributed by atoms with Gasteiger partial charge in [-0.15, -0.1) is 0 Å². The van der Waals surface area contributed by atoms with E-state index < -0.39 is 17.7 Å². The summed E-state index contributed by atoms with van der Waals surface area (Å²) in [6, 6.07) is 11.3. The Morgan fingerprint density at radius 3 is 2.32 bits per heavy atom. The number of nitrogens with zero attached hydrogens (tertiary/aromatic N) is 1. The second kappa shape index (κ2) is 9.98. The normalized spacial score (nSPS) is 17.8. The smallest absolute Gasteiger partial charge is 0.295 e. The minimum atomic E-state index is -0.764. The lowest BCUT2D eigenvalue weighted by molar-refractivity contribution is -0.140. The van der Waals surface area contributed by atoms with Crippen LogP contribution in [0.1, 0.15) is 23.6 Å². The van der Waals surface area contributed by atoms with Crippen LogP contribution in [0.15, 0.2) is 52.5 Å². The summed E-state index contributed by atoms with van der Waals surface area (Å²) in [6.07, 6.45) is 0.547. The van der Waals surface area contributed by atoms with E-state index in [0.29, 0.717) is 42.2 Å². The summed E-state index contributed by atoms with van der Waals surface area (Å²) in [7, 11) is 4.62. The van der Waals surface area contributed by atoms with E-state index in [1.807, 2.05) is 0 Å². The van der Waals surface area contributed by atoms with Gasteiger partial charge in [-0.25, -0.2) is 0 Å². The largest absolute Gasteiger partial charge is 0.507 e. The summed E-state index contributed by atoms with van der Waals surface area (Å²) < 4.78 is 16.6. The van der Waals surface area contributed by atoms with Gasteiger partial charge in [0.15, 0.2) is 11.5 Å². The molecule has 1 N–H and O–H groups in total. The van der Waals surface area contributed by atoms with Crippen LogP contribution in [0.3, 0.4) is 0 Å². The Bertz CT molecular complexity index is 1000. The molecule has 1 heterocycles. The van der Waals surface area contributed by atoms with Crippen molar-refractivity contribution in [2.24, 2.45) is 0 Å². The van der Waals surface area contributed by atoms with Crippen molar-refractivity contribution >= 4 is 33.4 Å². The maximum atomic E-state index is 13.0. The first-order valence-electron chi connectivity index (χ1n) is 9.68. The molecule has 1 amide bonds. The molecule has 1 aliphatic heterocycles. The van der Waals surface area contributed by atoms with E-state index >= 15 is 0 Å². The SMILES string of the molecule is COCCCN1C(=O)C(=O)/C(=C(\O)c2ccc(Br)cc2)C1c1ccc(OC)c(OC)c1. The Balaban J connectivity index is 2.15. The number of likely N-dealkylation sites (tertiary alicyclic amines) is 1. The number of benzene rings is 2. The summed E-state index contributed by atoms with van der Waals surface area (Å²) in [4.78, 5) is 27.3. The van der Waals surface area contributed by atoms with E-state index in [4.69, 9.17) is 14.2 Å². The number of aliphatic hydroxyl groups is 1. The van der Waals surface area contributed by atoms with Crippen molar-refractivity contribution in [3.05, 3.63) is 63.6 Å². The van der Waals surface area contributed by atoms with Gasteiger partial charge in [-0.2, -0.15) is 0 Å². The van der Waals surface area contributed by atoms with Crippen LogP contribution in [-0.4, -0.2) is 56.2 Å². The fourth-order valence-electron chi connectivity index (χ4n) is 3.62. The lowest BCUT2D eigenvalue weighted by atomic mass is 9.95. The monoisotopic (exact) mass is 489 g/mol. The van der Waals surface area contributed by atoms with Gasteiger partial charge in [-0.3, -0.25) is 9.59 Å². The van der Waals surface area contributed by atoms with Gasteiger partial charge in [0.05, 0.1) is 25.8 Å². The Morgan fingerprint density at radius 2 is 1.71 bits per heavy atom. The van der Waals surface area contributed by atoms with E-state index in [1.165, 1.54) is 19.1 Å². The van der Waals surface area contributed by atoms with Crippen LogP contribution in [0.25, 0.3) is 5.76 Å². The van der Waals surface area contributed by atoms with Crippen LogP contribution in [0.4, 0.5) is 0 Å². The van der Waals surface area contributed by atoms with Crippen molar-refractivity contribution < 1.29 is 28.9 Å². The number of aliphatic hydroxyl groups excluding tert-OH is 1.